The van der Waals surface area contributed by atoms with E-state index in [9.17, 15) is 4.79 Å². The number of fused-ring (bicyclic) bond motifs is 5. The molecule has 0 aliphatic heterocycles. The Morgan fingerprint density at radius 1 is 1.00 bits per heavy atom. The fraction of sp³-hybridized carbons (Fsp3) is 0.261. The highest BCUT2D eigenvalue weighted by molar-refractivity contribution is 5.97. The van der Waals surface area contributed by atoms with Gasteiger partial charge in [0.05, 0.1) is 12.5 Å². The summed E-state index contributed by atoms with van der Waals surface area (Å²) in [6.45, 7) is 2.28. The summed E-state index contributed by atoms with van der Waals surface area (Å²) >= 11 is 0. The van der Waals surface area contributed by atoms with Gasteiger partial charge < -0.3 is 4.42 Å². The number of furan rings is 1. The topological polar surface area (TPSA) is 30.2 Å². The van der Waals surface area contributed by atoms with Crippen LogP contribution >= 0.6 is 0 Å². The fourth-order valence-corrected chi connectivity index (χ4v) is 4.15. The van der Waals surface area contributed by atoms with E-state index in [0.29, 0.717) is 17.6 Å². The van der Waals surface area contributed by atoms with Gasteiger partial charge in [-0.2, -0.15) is 0 Å². The van der Waals surface area contributed by atoms with Gasteiger partial charge in [0.2, 0.25) is 0 Å². The van der Waals surface area contributed by atoms with E-state index in [1.54, 1.807) is 12.5 Å². The van der Waals surface area contributed by atoms with Crippen LogP contribution in [0.1, 0.15) is 36.8 Å². The third kappa shape index (κ3) is 2.93. The monoisotopic (exact) mass is 330 g/mol. The standard InChI is InChI=1S/C19H18O.C4H4O/c1-12-6-11-18(20)19-14(12)9-10-16-15-5-3-2-4-13(15)7-8-17(16)19;1-2-4-5-3-1/h2-5,7-10,12,14,19H,6,11H2,1H3;1-4H. The predicted octanol–water partition coefficient (Wildman–Crippen LogP) is 5.85. The quantitative estimate of drug-likeness (QED) is 0.518. The molecule has 3 aromatic rings. The molecule has 0 bridgehead atoms. The Labute approximate surface area is 148 Å². The molecule has 0 amide bonds. The van der Waals surface area contributed by atoms with Crippen LogP contribution in [0.3, 0.4) is 0 Å². The van der Waals surface area contributed by atoms with E-state index in [1.807, 2.05) is 12.1 Å². The summed E-state index contributed by atoms with van der Waals surface area (Å²) in [5.74, 6) is 1.51. The molecule has 2 nitrogen and oxygen atoms in total. The summed E-state index contributed by atoms with van der Waals surface area (Å²) in [4.78, 5) is 12.4. The largest absolute Gasteiger partial charge is 0.473 e. The second-order valence-electron chi connectivity index (χ2n) is 6.98. The number of allylic oxidation sites excluding steroid dienone is 1. The van der Waals surface area contributed by atoms with Gasteiger partial charge in [0.25, 0.3) is 0 Å². The van der Waals surface area contributed by atoms with Gasteiger partial charge in [-0.1, -0.05) is 55.5 Å². The second-order valence-corrected chi connectivity index (χ2v) is 6.98. The molecule has 3 unspecified atom stereocenters. The highest BCUT2D eigenvalue weighted by Crippen LogP contribution is 2.45. The van der Waals surface area contributed by atoms with Crippen molar-refractivity contribution in [1.82, 2.24) is 0 Å². The molecule has 0 N–H and O–H groups in total. The maximum atomic E-state index is 12.4. The first-order chi connectivity index (χ1) is 12.3. The molecule has 5 rings (SSSR count). The van der Waals surface area contributed by atoms with Gasteiger partial charge in [0, 0.05) is 12.3 Å². The molecule has 1 fully saturated rings. The Hall–Kier alpha value is -2.61. The molecule has 1 saturated carbocycles. The van der Waals surface area contributed by atoms with Crippen molar-refractivity contribution in [3.05, 3.63) is 78.3 Å². The molecule has 1 aromatic heterocycles. The van der Waals surface area contributed by atoms with E-state index in [-0.39, 0.29) is 5.92 Å². The van der Waals surface area contributed by atoms with Crippen molar-refractivity contribution in [3.63, 3.8) is 0 Å². The predicted molar refractivity (Wildman–Crippen MR) is 101 cm³/mol. The van der Waals surface area contributed by atoms with Crippen LogP contribution in [0.5, 0.6) is 0 Å². The van der Waals surface area contributed by atoms with Crippen molar-refractivity contribution in [2.24, 2.45) is 11.8 Å². The molecule has 0 radical (unpaired) electrons. The zero-order chi connectivity index (χ0) is 17.2. The third-order valence-corrected chi connectivity index (χ3v) is 5.48. The van der Waals surface area contributed by atoms with Crippen LogP contribution in [0.25, 0.3) is 16.8 Å². The van der Waals surface area contributed by atoms with Gasteiger partial charge >= 0.3 is 0 Å². The molecule has 25 heavy (non-hydrogen) atoms. The molecule has 126 valence electrons. The summed E-state index contributed by atoms with van der Waals surface area (Å²) in [7, 11) is 0. The molecular formula is C23H22O2. The number of benzene rings is 2. The minimum absolute atomic E-state index is 0.0864. The maximum Gasteiger partial charge on any atom is 0.140 e. The minimum Gasteiger partial charge on any atom is -0.473 e. The second kappa shape index (κ2) is 6.72. The smallest absolute Gasteiger partial charge is 0.140 e. The van der Waals surface area contributed by atoms with Crippen LogP contribution in [0.2, 0.25) is 0 Å². The number of ketones is 1. The lowest BCUT2D eigenvalue weighted by molar-refractivity contribution is -0.123. The highest BCUT2D eigenvalue weighted by Gasteiger charge is 2.38. The summed E-state index contributed by atoms with van der Waals surface area (Å²) in [6.07, 6.45) is 9.55. The van der Waals surface area contributed by atoms with E-state index in [2.05, 4.69) is 59.9 Å². The lowest BCUT2D eigenvalue weighted by Gasteiger charge is -2.37. The van der Waals surface area contributed by atoms with Crippen LogP contribution < -0.4 is 0 Å². The SMILES string of the molecule is CC1CCC(=O)C2c3ccc4ccccc4c3C=CC12.c1ccoc1. The van der Waals surface area contributed by atoms with Crippen molar-refractivity contribution in [2.45, 2.75) is 25.7 Å². The molecule has 2 aliphatic carbocycles. The number of Topliss-reactive ketones (excluding diaryl/α,β-unsaturated/α-hetero) is 1. The summed E-state index contributed by atoms with van der Waals surface area (Å²) in [5, 5.41) is 2.52. The maximum absolute atomic E-state index is 12.4. The third-order valence-electron chi connectivity index (χ3n) is 5.48. The Bertz CT molecular complexity index is 888. The summed E-state index contributed by atoms with van der Waals surface area (Å²) in [6, 6.07) is 16.5. The lowest BCUT2D eigenvalue weighted by atomic mass is 9.66. The van der Waals surface area contributed by atoms with E-state index >= 15 is 0 Å². The molecule has 2 aliphatic rings. The van der Waals surface area contributed by atoms with Gasteiger partial charge in [0.1, 0.15) is 5.78 Å². The Balaban J connectivity index is 0.000000272. The molecule has 3 atom stereocenters. The number of hydrogen-bond donors (Lipinski definition) is 0. The van der Waals surface area contributed by atoms with Crippen LogP contribution in [-0.2, 0) is 4.79 Å². The molecule has 0 saturated heterocycles. The van der Waals surface area contributed by atoms with Gasteiger partial charge in [-0.05, 0) is 52.3 Å². The number of carbonyl (C=O) groups is 1. The number of hydrogen-bond acceptors (Lipinski definition) is 2. The van der Waals surface area contributed by atoms with Crippen molar-refractivity contribution in [3.8, 4) is 0 Å². The summed E-state index contributed by atoms with van der Waals surface area (Å²) < 4.78 is 4.58. The van der Waals surface area contributed by atoms with Gasteiger partial charge in [-0.3, -0.25) is 4.79 Å². The van der Waals surface area contributed by atoms with Crippen LogP contribution in [-0.4, -0.2) is 5.78 Å². The van der Waals surface area contributed by atoms with Crippen molar-refractivity contribution in [2.75, 3.05) is 0 Å². The first-order valence-corrected chi connectivity index (χ1v) is 8.95. The van der Waals surface area contributed by atoms with Gasteiger partial charge in [-0.25, -0.2) is 0 Å². The zero-order valence-electron chi connectivity index (χ0n) is 14.4. The molecule has 2 heteroatoms. The first kappa shape index (κ1) is 15.9. The lowest BCUT2D eigenvalue weighted by Crippen LogP contribution is -2.32. The Morgan fingerprint density at radius 3 is 2.56 bits per heavy atom. The average molecular weight is 330 g/mol. The Kier molecular flexibility index (Phi) is 4.27. The number of carbonyl (C=O) groups excluding carboxylic acids is 1. The van der Waals surface area contributed by atoms with Crippen LogP contribution in [0, 0.1) is 11.8 Å². The van der Waals surface area contributed by atoms with E-state index in [1.165, 1.54) is 21.9 Å². The normalized spacial score (nSPS) is 24.2. The zero-order valence-corrected chi connectivity index (χ0v) is 14.4. The summed E-state index contributed by atoms with van der Waals surface area (Å²) in [5.41, 5.74) is 2.50. The van der Waals surface area contributed by atoms with Crippen LogP contribution in [0.4, 0.5) is 0 Å². The molecule has 0 spiro atoms. The molecule has 2 aromatic carbocycles. The van der Waals surface area contributed by atoms with E-state index < -0.39 is 0 Å². The minimum atomic E-state index is 0.0864. The van der Waals surface area contributed by atoms with Crippen molar-refractivity contribution < 1.29 is 9.21 Å². The van der Waals surface area contributed by atoms with Crippen molar-refractivity contribution >= 4 is 22.6 Å². The van der Waals surface area contributed by atoms with Gasteiger partial charge in [-0.15, -0.1) is 0 Å². The van der Waals surface area contributed by atoms with Gasteiger partial charge in [0.15, 0.2) is 0 Å². The molecule has 1 heterocycles. The van der Waals surface area contributed by atoms with Crippen molar-refractivity contribution in [1.29, 1.82) is 0 Å². The first-order valence-electron chi connectivity index (χ1n) is 8.95. The van der Waals surface area contributed by atoms with E-state index in [0.717, 1.165) is 12.8 Å². The number of rotatable bonds is 0. The Morgan fingerprint density at radius 2 is 1.80 bits per heavy atom. The fourth-order valence-electron chi connectivity index (χ4n) is 4.15. The average Bonchev–Trinajstić information content (AvgIpc) is 3.24. The highest BCUT2D eigenvalue weighted by atomic mass is 16.3. The van der Waals surface area contributed by atoms with E-state index in [4.69, 9.17) is 0 Å². The molecular weight excluding hydrogens is 308 g/mol. The van der Waals surface area contributed by atoms with Crippen LogP contribution in [0.15, 0.2) is 71.6 Å².